The van der Waals surface area contributed by atoms with E-state index in [1.54, 1.807) is 19.9 Å². The number of rotatable bonds is 8. The number of amides is 2. The zero-order valence-corrected chi connectivity index (χ0v) is 17.2. The lowest BCUT2D eigenvalue weighted by Gasteiger charge is -2.24. The number of aromatic nitrogens is 1. The first-order valence-corrected chi connectivity index (χ1v) is 9.63. The molecule has 2 atom stereocenters. The van der Waals surface area contributed by atoms with E-state index in [0.29, 0.717) is 16.9 Å². The van der Waals surface area contributed by atoms with Crippen molar-refractivity contribution in [3.05, 3.63) is 35.2 Å². The van der Waals surface area contributed by atoms with Gasteiger partial charge in [-0.25, -0.2) is 4.98 Å². The van der Waals surface area contributed by atoms with E-state index in [-0.39, 0.29) is 42.5 Å². The second-order valence-electron chi connectivity index (χ2n) is 7.69. The van der Waals surface area contributed by atoms with Crippen molar-refractivity contribution in [2.45, 2.75) is 26.6 Å². The summed E-state index contributed by atoms with van der Waals surface area (Å²) in [6, 6.07) is 1.55. The van der Waals surface area contributed by atoms with Crippen LogP contribution in [0.1, 0.15) is 29.8 Å². The Hall–Kier alpha value is -3.11. The third-order valence-electron chi connectivity index (χ3n) is 5.06. The first-order valence-electron chi connectivity index (χ1n) is 9.63. The van der Waals surface area contributed by atoms with Crippen molar-refractivity contribution in [2.24, 2.45) is 17.8 Å². The third kappa shape index (κ3) is 5.15. The molecule has 0 radical (unpaired) electrons. The summed E-state index contributed by atoms with van der Waals surface area (Å²) in [5.41, 5.74) is 0.940. The van der Waals surface area contributed by atoms with Crippen LogP contribution in [-0.4, -0.2) is 54.0 Å². The second kappa shape index (κ2) is 8.56. The molecule has 0 spiro atoms. The molecule has 0 bridgehead atoms. The van der Waals surface area contributed by atoms with Gasteiger partial charge in [-0.15, -0.1) is 0 Å². The van der Waals surface area contributed by atoms with Crippen molar-refractivity contribution in [1.29, 1.82) is 5.41 Å². The molecule has 2 aliphatic rings. The zero-order chi connectivity index (χ0) is 22.9. The Kier molecular flexibility index (Phi) is 6.23. The Morgan fingerprint density at radius 2 is 2.13 bits per heavy atom. The summed E-state index contributed by atoms with van der Waals surface area (Å²) in [5.74, 6) is -1.80. The molecule has 1 aromatic rings. The van der Waals surface area contributed by atoms with E-state index < -0.39 is 24.6 Å². The van der Waals surface area contributed by atoms with Gasteiger partial charge in [-0.05, 0) is 12.1 Å². The van der Waals surface area contributed by atoms with Crippen LogP contribution in [0.5, 0.6) is 0 Å². The van der Waals surface area contributed by atoms with Gasteiger partial charge >= 0.3 is 6.18 Å². The number of nitrogens with one attached hydrogen (secondary N) is 2. The average Bonchev–Trinajstić information content (AvgIpc) is 3.40. The van der Waals surface area contributed by atoms with Crippen LogP contribution in [0.2, 0.25) is 0 Å². The first-order chi connectivity index (χ1) is 14.5. The number of carbonyl (C=O) groups is 2. The van der Waals surface area contributed by atoms with Gasteiger partial charge in [0.05, 0.1) is 25.5 Å². The maximum Gasteiger partial charge on any atom is 0.422 e. The molecule has 11 heteroatoms. The number of carbonyl (C=O) groups excluding carboxylic acids is 2. The van der Waals surface area contributed by atoms with Crippen molar-refractivity contribution in [1.82, 2.24) is 9.88 Å². The minimum atomic E-state index is -4.46. The topological polar surface area (TPSA) is 105 Å². The number of methoxy groups -OCH3 is 1. The maximum absolute atomic E-state index is 12.9. The fourth-order valence-corrected chi connectivity index (χ4v) is 3.30. The van der Waals surface area contributed by atoms with E-state index in [0.717, 1.165) is 0 Å². The number of ether oxygens (including phenoxy) is 2. The Morgan fingerprint density at radius 3 is 2.74 bits per heavy atom. The second-order valence-corrected chi connectivity index (χ2v) is 7.69. The number of halogens is 3. The largest absolute Gasteiger partial charge is 0.488 e. The highest BCUT2D eigenvalue weighted by atomic mass is 19.4. The molecule has 1 aliphatic carbocycles. The highest BCUT2D eigenvalue weighted by Crippen LogP contribution is 2.40. The molecule has 2 N–H and O–H groups in total. The number of anilines is 1. The molecule has 1 aliphatic heterocycles. The van der Waals surface area contributed by atoms with E-state index in [4.69, 9.17) is 14.9 Å². The predicted molar refractivity (Wildman–Crippen MR) is 104 cm³/mol. The lowest BCUT2D eigenvalue weighted by molar-refractivity contribution is -0.164. The Morgan fingerprint density at radius 1 is 1.42 bits per heavy atom. The fourth-order valence-electron chi connectivity index (χ4n) is 3.30. The SMILES string of the molecule is COC(=N)C(CN1Cc2c(ccnc2NC(=O)C(C)C)C1=O)[C@@H]1C=C1OCC(F)(F)F. The zero-order valence-electron chi connectivity index (χ0n) is 17.2. The Balaban J connectivity index is 1.71. The van der Waals surface area contributed by atoms with Crippen LogP contribution in [-0.2, 0) is 20.8 Å². The number of hydrogen-bond donors (Lipinski definition) is 2. The van der Waals surface area contributed by atoms with Crippen LogP contribution < -0.4 is 5.32 Å². The van der Waals surface area contributed by atoms with Crippen molar-refractivity contribution in [3.8, 4) is 0 Å². The molecule has 0 saturated heterocycles. The molecular weight excluding hydrogens is 417 g/mol. The quantitative estimate of drug-likeness (QED) is 0.478. The number of fused-ring (bicyclic) bond motifs is 1. The summed E-state index contributed by atoms with van der Waals surface area (Å²) >= 11 is 0. The Labute approximate surface area is 176 Å². The molecule has 168 valence electrons. The molecule has 1 aromatic heterocycles. The van der Waals surface area contributed by atoms with Crippen LogP contribution in [0.15, 0.2) is 24.1 Å². The van der Waals surface area contributed by atoms with Gasteiger partial charge < -0.3 is 19.7 Å². The summed E-state index contributed by atoms with van der Waals surface area (Å²) in [7, 11) is 1.29. The van der Waals surface area contributed by atoms with Gasteiger partial charge in [-0.3, -0.25) is 15.0 Å². The molecule has 2 heterocycles. The molecule has 1 unspecified atom stereocenters. The summed E-state index contributed by atoms with van der Waals surface area (Å²) in [6.07, 6.45) is -1.56. The monoisotopic (exact) mass is 440 g/mol. The van der Waals surface area contributed by atoms with Crippen molar-refractivity contribution < 1.29 is 32.2 Å². The minimum Gasteiger partial charge on any atom is -0.488 e. The van der Waals surface area contributed by atoms with Crippen molar-refractivity contribution >= 4 is 23.5 Å². The highest BCUT2D eigenvalue weighted by Gasteiger charge is 2.43. The maximum atomic E-state index is 12.9. The number of pyridine rings is 1. The third-order valence-corrected chi connectivity index (χ3v) is 5.06. The number of nitrogens with zero attached hydrogens (tertiary/aromatic N) is 2. The summed E-state index contributed by atoms with van der Waals surface area (Å²) < 4.78 is 47.0. The average molecular weight is 440 g/mol. The van der Waals surface area contributed by atoms with Crippen LogP contribution in [0.25, 0.3) is 0 Å². The van der Waals surface area contributed by atoms with Crippen LogP contribution >= 0.6 is 0 Å². The van der Waals surface area contributed by atoms with Gasteiger partial charge in [-0.1, -0.05) is 13.8 Å². The highest BCUT2D eigenvalue weighted by molar-refractivity contribution is 6.01. The number of alkyl halides is 3. The molecule has 2 amide bonds. The van der Waals surface area contributed by atoms with E-state index in [9.17, 15) is 22.8 Å². The summed E-state index contributed by atoms with van der Waals surface area (Å²) in [5, 5.41) is 10.8. The van der Waals surface area contributed by atoms with Crippen LogP contribution in [0.3, 0.4) is 0 Å². The van der Waals surface area contributed by atoms with E-state index in [1.807, 2.05) is 0 Å². The van der Waals surface area contributed by atoms with E-state index in [2.05, 4.69) is 10.3 Å². The number of allylic oxidation sites excluding steroid dienone is 2. The van der Waals surface area contributed by atoms with Gasteiger partial charge in [0.25, 0.3) is 5.91 Å². The molecule has 0 fully saturated rings. The summed E-state index contributed by atoms with van der Waals surface area (Å²) in [6.45, 7) is 2.24. The lowest BCUT2D eigenvalue weighted by Crippen LogP contribution is -2.35. The van der Waals surface area contributed by atoms with Crippen molar-refractivity contribution in [3.63, 3.8) is 0 Å². The molecule has 31 heavy (non-hydrogen) atoms. The summed E-state index contributed by atoms with van der Waals surface area (Å²) in [4.78, 5) is 30.6. The van der Waals surface area contributed by atoms with Gasteiger partial charge in [0.1, 0.15) is 11.6 Å². The van der Waals surface area contributed by atoms with Crippen LogP contribution in [0, 0.1) is 23.2 Å². The molecule has 0 aromatic carbocycles. The van der Waals surface area contributed by atoms with Gasteiger partial charge in [0, 0.05) is 29.8 Å². The minimum absolute atomic E-state index is 0.0395. The predicted octanol–water partition coefficient (Wildman–Crippen LogP) is 2.96. The molecule has 3 rings (SSSR count). The Bertz CT molecular complexity index is 929. The standard InChI is InChI=1S/C20H23F3N4O4/c1-10(2)18(28)26-17-14-8-27(19(29)11(14)4-5-25-17)7-13(16(24)30-3)12-6-15(12)31-9-20(21,22)23/h4-6,10,12-13,24H,7-9H2,1-3H3,(H,25,26,28)/t12-,13?/m0/s1. The number of hydrogen-bond acceptors (Lipinski definition) is 6. The normalized spacial score (nSPS) is 18.4. The fraction of sp³-hybridized carbons (Fsp3) is 0.500. The smallest absolute Gasteiger partial charge is 0.422 e. The van der Waals surface area contributed by atoms with E-state index in [1.165, 1.54) is 24.3 Å². The van der Waals surface area contributed by atoms with Gasteiger partial charge in [-0.2, -0.15) is 13.2 Å². The molecule has 8 nitrogen and oxygen atoms in total. The van der Waals surface area contributed by atoms with Gasteiger partial charge in [0.2, 0.25) is 5.91 Å². The first kappa shape index (κ1) is 22.6. The molecular formula is C20H23F3N4O4. The van der Waals surface area contributed by atoms with Gasteiger partial charge in [0.15, 0.2) is 12.5 Å². The lowest BCUT2D eigenvalue weighted by atomic mass is 10.0. The van der Waals surface area contributed by atoms with Crippen LogP contribution in [0.4, 0.5) is 19.0 Å². The molecule has 0 saturated carbocycles. The van der Waals surface area contributed by atoms with Crippen molar-refractivity contribution in [2.75, 3.05) is 25.6 Å². The van der Waals surface area contributed by atoms with E-state index >= 15 is 0 Å².